The van der Waals surface area contributed by atoms with Gasteiger partial charge in [-0.25, -0.2) is 13.4 Å². The molecule has 0 atom stereocenters. The van der Waals surface area contributed by atoms with E-state index < -0.39 is 10.0 Å². The van der Waals surface area contributed by atoms with Crippen LogP contribution in [0.1, 0.15) is 19.3 Å². The topological polar surface area (TPSA) is 105 Å². The van der Waals surface area contributed by atoms with Crippen molar-refractivity contribution in [1.29, 1.82) is 0 Å². The molecule has 1 fully saturated rings. The van der Waals surface area contributed by atoms with E-state index in [-0.39, 0.29) is 42.6 Å². The Bertz CT molecular complexity index is 923. The Morgan fingerprint density at radius 1 is 1.03 bits per heavy atom. The van der Waals surface area contributed by atoms with Gasteiger partial charge in [0.15, 0.2) is 0 Å². The second-order valence-electron chi connectivity index (χ2n) is 7.10. The monoisotopic (exact) mass is 433 g/mol. The zero-order valence-electron chi connectivity index (χ0n) is 16.8. The predicted octanol–water partition coefficient (Wildman–Crippen LogP) is 0.703. The largest absolute Gasteiger partial charge is 0.356 e. The first kappa shape index (κ1) is 22.0. The summed E-state index contributed by atoms with van der Waals surface area (Å²) in [6.07, 6.45) is 6.34. The lowest BCUT2D eigenvalue weighted by Crippen LogP contribution is -2.50. The standard InChI is InChI=1S/C20H27N5O4S/c26-19(22-9-4-11-23-12-10-21-17-23)7-8-20(27)24-13-15-25(16-14-24)30(28,29)18-5-2-1-3-6-18/h1-3,5-6,10,12,17H,4,7-9,11,13-16H2,(H,22,26). The molecule has 0 bridgehead atoms. The number of carbonyl (C=O) groups excluding carboxylic acids is 2. The van der Waals surface area contributed by atoms with E-state index >= 15 is 0 Å². The lowest BCUT2D eigenvalue weighted by atomic mass is 10.2. The van der Waals surface area contributed by atoms with Crippen LogP contribution in [0.2, 0.25) is 0 Å². The van der Waals surface area contributed by atoms with Gasteiger partial charge in [-0.3, -0.25) is 9.59 Å². The number of rotatable bonds is 9. The minimum Gasteiger partial charge on any atom is -0.356 e. The lowest BCUT2D eigenvalue weighted by Gasteiger charge is -2.34. The number of sulfonamides is 1. The van der Waals surface area contributed by atoms with Gasteiger partial charge in [-0.2, -0.15) is 4.31 Å². The number of aryl methyl sites for hydroxylation is 1. The van der Waals surface area contributed by atoms with E-state index in [0.717, 1.165) is 13.0 Å². The highest BCUT2D eigenvalue weighted by Gasteiger charge is 2.29. The van der Waals surface area contributed by atoms with Crippen LogP contribution in [-0.4, -0.2) is 71.7 Å². The summed E-state index contributed by atoms with van der Waals surface area (Å²) in [4.78, 5) is 30.2. The van der Waals surface area contributed by atoms with Crippen molar-refractivity contribution in [3.8, 4) is 0 Å². The maximum Gasteiger partial charge on any atom is 0.243 e. The molecular weight excluding hydrogens is 406 g/mol. The van der Waals surface area contributed by atoms with Crippen molar-refractivity contribution < 1.29 is 18.0 Å². The number of aromatic nitrogens is 2. The molecule has 1 aliphatic heterocycles. The first-order valence-corrected chi connectivity index (χ1v) is 11.5. The number of nitrogens with one attached hydrogen (secondary N) is 1. The summed E-state index contributed by atoms with van der Waals surface area (Å²) in [5.41, 5.74) is 0. The number of imidazole rings is 1. The number of nitrogens with zero attached hydrogens (tertiary/aromatic N) is 4. The molecule has 10 heteroatoms. The van der Waals surface area contributed by atoms with E-state index in [0.29, 0.717) is 19.6 Å². The highest BCUT2D eigenvalue weighted by molar-refractivity contribution is 7.89. The number of hydrogen-bond acceptors (Lipinski definition) is 5. The Balaban J connectivity index is 1.35. The van der Waals surface area contributed by atoms with Crippen LogP contribution in [0.25, 0.3) is 0 Å². The Morgan fingerprint density at radius 2 is 1.77 bits per heavy atom. The van der Waals surface area contributed by atoms with Gasteiger partial charge in [-0.1, -0.05) is 18.2 Å². The predicted molar refractivity (Wildman–Crippen MR) is 111 cm³/mol. The molecule has 0 aliphatic carbocycles. The van der Waals surface area contributed by atoms with Crippen LogP contribution in [0.15, 0.2) is 53.9 Å². The molecule has 0 unspecified atom stereocenters. The van der Waals surface area contributed by atoms with Crippen LogP contribution in [0.3, 0.4) is 0 Å². The van der Waals surface area contributed by atoms with E-state index in [1.807, 2.05) is 10.8 Å². The minimum atomic E-state index is -3.54. The summed E-state index contributed by atoms with van der Waals surface area (Å²) in [5, 5.41) is 2.82. The molecule has 1 saturated heterocycles. The zero-order chi connectivity index (χ0) is 21.4. The van der Waals surface area contributed by atoms with Gasteiger partial charge < -0.3 is 14.8 Å². The quantitative estimate of drug-likeness (QED) is 0.586. The summed E-state index contributed by atoms with van der Waals surface area (Å²) in [5.74, 6) is -0.278. The fourth-order valence-electron chi connectivity index (χ4n) is 3.29. The van der Waals surface area contributed by atoms with Crippen molar-refractivity contribution in [1.82, 2.24) is 24.1 Å². The van der Waals surface area contributed by atoms with Crippen LogP contribution < -0.4 is 5.32 Å². The third kappa shape index (κ3) is 5.90. The molecule has 1 N–H and O–H groups in total. The highest BCUT2D eigenvalue weighted by atomic mass is 32.2. The van der Waals surface area contributed by atoms with Gasteiger partial charge in [0.2, 0.25) is 21.8 Å². The van der Waals surface area contributed by atoms with Gasteiger partial charge in [-0.15, -0.1) is 0 Å². The summed E-state index contributed by atoms with van der Waals surface area (Å²) >= 11 is 0. The van der Waals surface area contributed by atoms with Crippen LogP contribution in [0.5, 0.6) is 0 Å². The third-order valence-corrected chi connectivity index (χ3v) is 6.93. The van der Waals surface area contributed by atoms with E-state index in [4.69, 9.17) is 0 Å². The van der Waals surface area contributed by atoms with Crippen molar-refractivity contribution >= 4 is 21.8 Å². The van der Waals surface area contributed by atoms with Crippen molar-refractivity contribution in [2.75, 3.05) is 32.7 Å². The molecule has 162 valence electrons. The molecular formula is C20H27N5O4S. The lowest BCUT2D eigenvalue weighted by molar-refractivity contribution is -0.134. The first-order valence-electron chi connectivity index (χ1n) is 10.0. The molecule has 1 aromatic heterocycles. The number of piperazine rings is 1. The van der Waals surface area contributed by atoms with E-state index in [2.05, 4.69) is 10.3 Å². The summed E-state index contributed by atoms with van der Waals surface area (Å²) in [6, 6.07) is 8.29. The summed E-state index contributed by atoms with van der Waals surface area (Å²) in [6.45, 7) is 2.48. The van der Waals surface area contributed by atoms with Crippen LogP contribution in [-0.2, 0) is 26.2 Å². The SMILES string of the molecule is O=C(CCC(=O)N1CCN(S(=O)(=O)c2ccccc2)CC1)NCCCn1ccnc1. The van der Waals surface area contributed by atoms with E-state index in [9.17, 15) is 18.0 Å². The second kappa shape index (κ2) is 10.4. The van der Waals surface area contributed by atoms with E-state index in [1.54, 1.807) is 47.8 Å². The average Bonchev–Trinajstić information content (AvgIpc) is 3.29. The average molecular weight is 434 g/mol. The summed E-state index contributed by atoms with van der Waals surface area (Å²) < 4.78 is 28.6. The minimum absolute atomic E-state index is 0.124. The number of hydrogen-bond donors (Lipinski definition) is 1. The molecule has 1 aliphatic rings. The molecule has 0 spiro atoms. The van der Waals surface area contributed by atoms with Crippen LogP contribution in [0.4, 0.5) is 0 Å². The van der Waals surface area contributed by atoms with Crippen molar-refractivity contribution in [2.24, 2.45) is 0 Å². The van der Waals surface area contributed by atoms with Gasteiger partial charge in [0, 0.05) is 64.5 Å². The molecule has 9 nitrogen and oxygen atoms in total. The maximum atomic E-state index is 12.6. The normalized spacial score (nSPS) is 15.1. The Labute approximate surface area is 176 Å². The molecule has 2 aromatic rings. The van der Waals surface area contributed by atoms with Crippen molar-refractivity contribution in [3.05, 3.63) is 49.1 Å². The molecule has 3 rings (SSSR count). The molecule has 1 aromatic carbocycles. The van der Waals surface area contributed by atoms with Gasteiger partial charge in [0.25, 0.3) is 0 Å². The van der Waals surface area contributed by atoms with Crippen LogP contribution in [0, 0.1) is 0 Å². The fourth-order valence-corrected chi connectivity index (χ4v) is 4.74. The summed E-state index contributed by atoms with van der Waals surface area (Å²) in [7, 11) is -3.54. The van der Waals surface area contributed by atoms with Crippen molar-refractivity contribution in [2.45, 2.75) is 30.7 Å². The maximum absolute atomic E-state index is 12.6. The fraction of sp³-hybridized carbons (Fsp3) is 0.450. The van der Waals surface area contributed by atoms with Gasteiger partial charge in [-0.05, 0) is 18.6 Å². The highest BCUT2D eigenvalue weighted by Crippen LogP contribution is 2.17. The first-order chi connectivity index (χ1) is 14.5. The Morgan fingerprint density at radius 3 is 2.43 bits per heavy atom. The number of carbonyl (C=O) groups is 2. The Hall–Kier alpha value is -2.72. The van der Waals surface area contributed by atoms with Gasteiger partial charge >= 0.3 is 0 Å². The number of benzene rings is 1. The molecule has 2 amide bonds. The molecule has 0 radical (unpaired) electrons. The second-order valence-corrected chi connectivity index (χ2v) is 9.04. The smallest absolute Gasteiger partial charge is 0.243 e. The Kier molecular flexibility index (Phi) is 7.58. The van der Waals surface area contributed by atoms with Crippen LogP contribution >= 0.6 is 0 Å². The van der Waals surface area contributed by atoms with Gasteiger partial charge in [0.05, 0.1) is 11.2 Å². The molecule has 0 saturated carbocycles. The van der Waals surface area contributed by atoms with E-state index in [1.165, 1.54) is 4.31 Å². The third-order valence-electron chi connectivity index (χ3n) is 5.01. The molecule has 2 heterocycles. The zero-order valence-corrected chi connectivity index (χ0v) is 17.6. The van der Waals surface area contributed by atoms with Crippen molar-refractivity contribution in [3.63, 3.8) is 0 Å². The number of amides is 2. The van der Waals surface area contributed by atoms with Gasteiger partial charge in [0.1, 0.15) is 0 Å². The molecule has 30 heavy (non-hydrogen) atoms.